The minimum Gasteiger partial charge on any atom is -0.479 e. The Balaban J connectivity index is 1.54. The van der Waals surface area contributed by atoms with Gasteiger partial charge in [-0.3, -0.25) is 9.59 Å². The maximum absolute atomic E-state index is 13.4. The summed E-state index contributed by atoms with van der Waals surface area (Å²) in [5.74, 6) is -0.662. The molecule has 32 heavy (non-hydrogen) atoms. The molecule has 0 bridgehead atoms. The fraction of sp³-hybridized carbons (Fsp3) is 0.364. The number of fused-ring (bicyclic) bond motifs is 1. The van der Waals surface area contributed by atoms with Crippen molar-refractivity contribution in [2.45, 2.75) is 37.7 Å². The van der Waals surface area contributed by atoms with E-state index < -0.39 is 22.0 Å². The highest BCUT2D eigenvalue weighted by Gasteiger charge is 2.35. The monoisotopic (exact) mass is 477 g/mol. The number of hydrogen-bond acceptors (Lipinski definition) is 5. The Labute approximate surface area is 191 Å². The predicted molar refractivity (Wildman–Crippen MR) is 121 cm³/mol. The summed E-state index contributed by atoms with van der Waals surface area (Å²) in [6.07, 6.45) is 0.462. The zero-order valence-corrected chi connectivity index (χ0v) is 19.3. The van der Waals surface area contributed by atoms with E-state index in [1.165, 1.54) is 10.4 Å². The molecule has 0 aromatic heterocycles. The molecule has 1 saturated heterocycles. The SMILES string of the molecule is Cc1cc2c(cc1S(=O)(=O)N1CCCC(C(=O)Nc3ccc(Cl)cc3)C1)OC(C)C(=O)N2. The van der Waals surface area contributed by atoms with E-state index in [0.29, 0.717) is 47.1 Å². The number of nitrogens with zero attached hydrogens (tertiary/aromatic N) is 1. The summed E-state index contributed by atoms with van der Waals surface area (Å²) in [6.45, 7) is 3.69. The van der Waals surface area contributed by atoms with E-state index in [4.69, 9.17) is 16.3 Å². The van der Waals surface area contributed by atoms with Crippen molar-refractivity contribution in [2.75, 3.05) is 23.7 Å². The number of ether oxygens (including phenoxy) is 1. The van der Waals surface area contributed by atoms with Gasteiger partial charge >= 0.3 is 0 Å². The molecule has 8 nitrogen and oxygen atoms in total. The maximum atomic E-state index is 13.4. The van der Waals surface area contributed by atoms with E-state index in [1.54, 1.807) is 44.2 Å². The van der Waals surface area contributed by atoms with Gasteiger partial charge in [0.05, 0.1) is 16.5 Å². The third-order valence-corrected chi connectivity index (χ3v) is 7.95. The van der Waals surface area contributed by atoms with E-state index in [-0.39, 0.29) is 23.3 Å². The number of sulfonamides is 1. The van der Waals surface area contributed by atoms with E-state index in [9.17, 15) is 18.0 Å². The van der Waals surface area contributed by atoms with Crippen LogP contribution in [0.5, 0.6) is 5.75 Å². The fourth-order valence-corrected chi connectivity index (χ4v) is 5.78. The Morgan fingerprint density at radius 3 is 2.69 bits per heavy atom. The summed E-state index contributed by atoms with van der Waals surface area (Å²) in [7, 11) is -3.86. The van der Waals surface area contributed by atoms with Crippen molar-refractivity contribution in [2.24, 2.45) is 5.92 Å². The fourth-order valence-electron chi connectivity index (χ4n) is 3.91. The number of carbonyl (C=O) groups is 2. The van der Waals surface area contributed by atoms with E-state index in [1.807, 2.05) is 0 Å². The molecule has 1 fully saturated rings. The first-order valence-electron chi connectivity index (χ1n) is 10.3. The molecule has 0 saturated carbocycles. The Bertz CT molecular complexity index is 1170. The number of aryl methyl sites for hydroxylation is 1. The normalized spacial score (nSPS) is 21.3. The number of amides is 2. The number of piperidine rings is 1. The van der Waals surface area contributed by atoms with E-state index in [0.717, 1.165) is 0 Å². The highest BCUT2D eigenvalue weighted by Crippen LogP contribution is 2.36. The summed E-state index contributed by atoms with van der Waals surface area (Å²) in [5.41, 5.74) is 1.55. The molecule has 2 N–H and O–H groups in total. The van der Waals surface area contributed by atoms with Crippen LogP contribution < -0.4 is 15.4 Å². The number of benzene rings is 2. The topological polar surface area (TPSA) is 105 Å². The van der Waals surface area contributed by atoms with Crippen LogP contribution in [0.4, 0.5) is 11.4 Å². The van der Waals surface area contributed by atoms with Gasteiger partial charge in [0.15, 0.2) is 6.10 Å². The lowest BCUT2D eigenvalue weighted by Crippen LogP contribution is -2.44. The van der Waals surface area contributed by atoms with Crippen LogP contribution in [-0.4, -0.2) is 43.7 Å². The lowest BCUT2D eigenvalue weighted by molar-refractivity contribution is -0.123. The van der Waals surface area contributed by atoms with Crippen LogP contribution in [0.2, 0.25) is 5.02 Å². The van der Waals surface area contributed by atoms with E-state index >= 15 is 0 Å². The van der Waals surface area contributed by atoms with Crippen LogP contribution in [0.15, 0.2) is 41.3 Å². The van der Waals surface area contributed by atoms with Crippen molar-refractivity contribution in [3.8, 4) is 5.75 Å². The molecule has 4 rings (SSSR count). The molecule has 2 amide bonds. The molecule has 2 unspecified atom stereocenters. The molecule has 0 spiro atoms. The molecule has 2 aromatic rings. The van der Waals surface area contributed by atoms with Gasteiger partial charge < -0.3 is 15.4 Å². The average molecular weight is 478 g/mol. The highest BCUT2D eigenvalue weighted by molar-refractivity contribution is 7.89. The first-order valence-corrected chi connectivity index (χ1v) is 12.2. The molecule has 2 heterocycles. The minimum absolute atomic E-state index is 0.0896. The number of anilines is 2. The summed E-state index contributed by atoms with van der Waals surface area (Å²) in [5, 5.41) is 6.12. The lowest BCUT2D eigenvalue weighted by Gasteiger charge is -2.32. The largest absolute Gasteiger partial charge is 0.479 e. The quantitative estimate of drug-likeness (QED) is 0.702. The number of halogens is 1. The molecule has 2 aromatic carbocycles. The zero-order chi connectivity index (χ0) is 23.0. The standard InChI is InChI=1S/C22H24ClN3O5S/c1-13-10-18-19(31-14(2)21(27)25-18)11-20(13)32(29,30)26-9-3-4-15(12-26)22(28)24-17-7-5-16(23)6-8-17/h5-8,10-11,14-15H,3-4,9,12H2,1-2H3,(H,24,28)(H,25,27). The van der Waals surface area contributed by atoms with Crippen molar-refractivity contribution >= 4 is 44.8 Å². The second-order valence-corrected chi connectivity index (χ2v) is 10.4. The molecule has 2 aliphatic heterocycles. The summed E-state index contributed by atoms with van der Waals surface area (Å²) < 4.78 is 33.8. The smallest absolute Gasteiger partial charge is 0.265 e. The minimum atomic E-state index is -3.86. The molecule has 170 valence electrons. The van der Waals surface area contributed by atoms with Crippen LogP contribution in [0, 0.1) is 12.8 Å². The first-order chi connectivity index (χ1) is 15.1. The van der Waals surface area contributed by atoms with Gasteiger partial charge in [-0.1, -0.05) is 11.6 Å². The van der Waals surface area contributed by atoms with Gasteiger partial charge in [0.25, 0.3) is 5.91 Å². The number of nitrogens with one attached hydrogen (secondary N) is 2. The number of rotatable bonds is 4. The van der Waals surface area contributed by atoms with Gasteiger partial charge in [-0.25, -0.2) is 8.42 Å². The lowest BCUT2D eigenvalue weighted by atomic mass is 9.99. The Kier molecular flexibility index (Phi) is 6.15. The molecule has 0 radical (unpaired) electrons. The van der Waals surface area contributed by atoms with Crippen molar-refractivity contribution in [1.82, 2.24) is 4.31 Å². The van der Waals surface area contributed by atoms with E-state index in [2.05, 4.69) is 10.6 Å². The molecule has 0 aliphatic carbocycles. The molecular weight excluding hydrogens is 454 g/mol. The van der Waals surface area contributed by atoms with Crippen LogP contribution >= 0.6 is 11.6 Å². The van der Waals surface area contributed by atoms with Crippen molar-refractivity contribution in [3.05, 3.63) is 47.0 Å². The van der Waals surface area contributed by atoms with Gasteiger partial charge in [-0.15, -0.1) is 0 Å². The molecule has 2 atom stereocenters. The summed E-state index contributed by atoms with van der Waals surface area (Å²) in [4.78, 5) is 24.7. The predicted octanol–water partition coefficient (Wildman–Crippen LogP) is 3.41. The highest BCUT2D eigenvalue weighted by atomic mass is 35.5. The second-order valence-electron chi connectivity index (χ2n) is 8.06. The summed E-state index contributed by atoms with van der Waals surface area (Å²) in [6, 6.07) is 9.81. The average Bonchev–Trinajstić information content (AvgIpc) is 2.76. The van der Waals surface area contributed by atoms with Gasteiger partial charge in [0, 0.05) is 29.9 Å². The molecular formula is C22H24ClN3O5S. The maximum Gasteiger partial charge on any atom is 0.265 e. The van der Waals surface area contributed by atoms with Crippen LogP contribution in [0.25, 0.3) is 0 Å². The van der Waals surface area contributed by atoms with Crippen molar-refractivity contribution in [1.29, 1.82) is 0 Å². The third-order valence-electron chi connectivity index (χ3n) is 5.69. The third kappa shape index (κ3) is 4.46. The van der Waals surface area contributed by atoms with Gasteiger partial charge in [-0.05, 0) is 62.6 Å². The van der Waals surface area contributed by atoms with Gasteiger partial charge in [-0.2, -0.15) is 4.31 Å². The molecule has 10 heteroatoms. The van der Waals surface area contributed by atoms with Gasteiger partial charge in [0.2, 0.25) is 15.9 Å². The Hall–Kier alpha value is -2.62. The Morgan fingerprint density at radius 1 is 1.25 bits per heavy atom. The van der Waals surface area contributed by atoms with Crippen molar-refractivity contribution < 1.29 is 22.7 Å². The second kappa shape index (κ2) is 8.73. The Morgan fingerprint density at radius 2 is 1.97 bits per heavy atom. The zero-order valence-electron chi connectivity index (χ0n) is 17.7. The van der Waals surface area contributed by atoms with Crippen LogP contribution in [0.3, 0.4) is 0 Å². The summed E-state index contributed by atoms with van der Waals surface area (Å²) >= 11 is 5.88. The van der Waals surface area contributed by atoms with Gasteiger partial charge in [0.1, 0.15) is 5.75 Å². The van der Waals surface area contributed by atoms with Crippen LogP contribution in [-0.2, 0) is 19.6 Å². The van der Waals surface area contributed by atoms with Crippen molar-refractivity contribution in [3.63, 3.8) is 0 Å². The number of hydrogen-bond donors (Lipinski definition) is 2. The molecule has 2 aliphatic rings. The number of carbonyl (C=O) groups excluding carboxylic acids is 2. The first kappa shape index (κ1) is 22.6. The van der Waals surface area contributed by atoms with Crippen LogP contribution in [0.1, 0.15) is 25.3 Å².